The molecule has 7 nitrogen and oxygen atoms in total. The number of para-hydroxylation sites is 1. The number of primary amides is 1. The molecule has 1 heterocycles. The van der Waals surface area contributed by atoms with E-state index in [9.17, 15) is 9.59 Å². The van der Waals surface area contributed by atoms with Crippen LogP contribution >= 0.6 is 0 Å². The van der Waals surface area contributed by atoms with Gasteiger partial charge in [0, 0.05) is 13.0 Å². The predicted octanol–water partition coefficient (Wildman–Crippen LogP) is 1.61. The molecule has 1 aromatic heterocycles. The van der Waals surface area contributed by atoms with E-state index in [0.29, 0.717) is 34.6 Å². The normalized spacial score (nSPS) is 10.6. The van der Waals surface area contributed by atoms with Crippen molar-refractivity contribution in [1.82, 2.24) is 14.9 Å². The molecular formula is C18H18N4O3. The van der Waals surface area contributed by atoms with Crippen LogP contribution in [0, 0.1) is 0 Å². The van der Waals surface area contributed by atoms with Crippen molar-refractivity contribution >= 4 is 16.9 Å². The quantitative estimate of drug-likeness (QED) is 0.738. The van der Waals surface area contributed by atoms with Crippen molar-refractivity contribution in [1.29, 1.82) is 0 Å². The summed E-state index contributed by atoms with van der Waals surface area (Å²) >= 11 is 0. The first-order valence-electron chi connectivity index (χ1n) is 7.78. The number of aromatic nitrogens is 2. The number of amides is 2. The van der Waals surface area contributed by atoms with E-state index >= 15 is 0 Å². The van der Waals surface area contributed by atoms with Crippen LogP contribution < -0.4 is 21.3 Å². The third-order valence-electron chi connectivity index (χ3n) is 3.82. The number of urea groups is 1. The smallest absolute Gasteiger partial charge is 0.312 e. The molecule has 0 atom stereocenters. The first kappa shape index (κ1) is 16.5. The zero-order valence-electron chi connectivity index (χ0n) is 13.7. The number of hydrogen-bond donors (Lipinski definition) is 2. The summed E-state index contributed by atoms with van der Waals surface area (Å²) in [7, 11) is 1.58. The lowest BCUT2D eigenvalue weighted by Crippen LogP contribution is -2.33. The molecule has 0 aliphatic rings. The van der Waals surface area contributed by atoms with Gasteiger partial charge in [-0.05, 0) is 36.4 Å². The summed E-state index contributed by atoms with van der Waals surface area (Å²) in [4.78, 5) is 28.5. The Balaban J connectivity index is 2.13. The largest absolute Gasteiger partial charge is 0.497 e. The number of ether oxygens (including phenoxy) is 1. The van der Waals surface area contributed by atoms with E-state index in [4.69, 9.17) is 10.5 Å². The molecule has 0 saturated carbocycles. The van der Waals surface area contributed by atoms with Crippen LogP contribution in [0.25, 0.3) is 16.6 Å². The van der Waals surface area contributed by atoms with Crippen molar-refractivity contribution in [2.45, 2.75) is 6.42 Å². The number of nitrogens with one attached hydrogen (secondary N) is 1. The molecule has 0 bridgehead atoms. The van der Waals surface area contributed by atoms with Gasteiger partial charge in [-0.1, -0.05) is 12.1 Å². The minimum Gasteiger partial charge on any atom is -0.497 e. The van der Waals surface area contributed by atoms with Gasteiger partial charge in [0.15, 0.2) is 0 Å². The number of methoxy groups -OCH3 is 1. The van der Waals surface area contributed by atoms with Crippen molar-refractivity contribution in [2.24, 2.45) is 5.73 Å². The summed E-state index contributed by atoms with van der Waals surface area (Å²) in [5, 5.41) is 3.05. The number of hydrogen-bond acceptors (Lipinski definition) is 4. The first-order chi connectivity index (χ1) is 12.1. The van der Waals surface area contributed by atoms with Gasteiger partial charge in [-0.3, -0.25) is 9.36 Å². The summed E-state index contributed by atoms with van der Waals surface area (Å²) in [6.07, 6.45) is 0.370. The maximum absolute atomic E-state index is 13.0. The fraction of sp³-hybridized carbons (Fsp3) is 0.167. The van der Waals surface area contributed by atoms with E-state index < -0.39 is 6.03 Å². The molecule has 0 fully saturated rings. The van der Waals surface area contributed by atoms with Crippen LogP contribution in [-0.4, -0.2) is 29.2 Å². The molecule has 0 spiro atoms. The van der Waals surface area contributed by atoms with Gasteiger partial charge in [-0.15, -0.1) is 0 Å². The van der Waals surface area contributed by atoms with Gasteiger partial charge in [0.2, 0.25) is 0 Å². The fourth-order valence-electron chi connectivity index (χ4n) is 2.64. The minimum absolute atomic E-state index is 0.162. The van der Waals surface area contributed by atoms with Crippen LogP contribution in [0.4, 0.5) is 4.79 Å². The first-order valence-corrected chi connectivity index (χ1v) is 7.78. The molecule has 3 rings (SSSR count). The Morgan fingerprint density at radius 2 is 1.92 bits per heavy atom. The summed E-state index contributed by atoms with van der Waals surface area (Å²) in [5.41, 5.74) is 6.24. The molecule has 7 heteroatoms. The van der Waals surface area contributed by atoms with E-state index in [1.807, 2.05) is 6.07 Å². The SMILES string of the molecule is COc1ccc(-n2c(CCNC(N)=O)nc3ccccc3c2=O)cc1. The topological polar surface area (TPSA) is 99.2 Å². The van der Waals surface area contributed by atoms with Crippen molar-refractivity contribution < 1.29 is 9.53 Å². The highest BCUT2D eigenvalue weighted by atomic mass is 16.5. The van der Waals surface area contributed by atoms with Crippen molar-refractivity contribution in [3.8, 4) is 11.4 Å². The van der Waals surface area contributed by atoms with Crippen LogP contribution in [0.3, 0.4) is 0 Å². The highest BCUT2D eigenvalue weighted by molar-refractivity contribution is 5.77. The van der Waals surface area contributed by atoms with Gasteiger partial charge in [-0.25, -0.2) is 9.78 Å². The fourth-order valence-corrected chi connectivity index (χ4v) is 2.64. The molecule has 3 N–H and O–H groups in total. The Labute approximate surface area is 144 Å². The number of carbonyl (C=O) groups excluding carboxylic acids is 1. The van der Waals surface area contributed by atoms with Crippen LogP contribution in [0.5, 0.6) is 5.75 Å². The average Bonchev–Trinajstić information content (AvgIpc) is 2.62. The molecule has 0 aliphatic carbocycles. The summed E-state index contributed by atoms with van der Waals surface area (Å²) in [5.74, 6) is 1.24. The third-order valence-corrected chi connectivity index (χ3v) is 3.82. The van der Waals surface area contributed by atoms with E-state index in [-0.39, 0.29) is 12.1 Å². The van der Waals surface area contributed by atoms with Crippen molar-refractivity contribution in [3.05, 3.63) is 64.7 Å². The van der Waals surface area contributed by atoms with Gasteiger partial charge in [-0.2, -0.15) is 0 Å². The molecule has 0 radical (unpaired) electrons. The minimum atomic E-state index is -0.612. The molecule has 2 aromatic carbocycles. The molecule has 0 unspecified atom stereocenters. The van der Waals surface area contributed by atoms with Crippen molar-refractivity contribution in [3.63, 3.8) is 0 Å². The van der Waals surface area contributed by atoms with Crippen LogP contribution in [0.15, 0.2) is 53.3 Å². The summed E-state index contributed by atoms with van der Waals surface area (Å²) in [6.45, 7) is 0.288. The Bertz CT molecular complexity index is 964. The zero-order chi connectivity index (χ0) is 17.8. The molecular weight excluding hydrogens is 320 g/mol. The van der Waals surface area contributed by atoms with Gasteiger partial charge >= 0.3 is 6.03 Å². The number of rotatable bonds is 5. The Hall–Kier alpha value is -3.35. The highest BCUT2D eigenvalue weighted by Gasteiger charge is 2.12. The lowest BCUT2D eigenvalue weighted by atomic mass is 10.2. The maximum atomic E-state index is 13.0. The average molecular weight is 338 g/mol. The number of benzene rings is 2. The molecule has 3 aromatic rings. The van der Waals surface area contributed by atoms with Crippen molar-refractivity contribution in [2.75, 3.05) is 13.7 Å². The second kappa shape index (κ2) is 7.04. The Kier molecular flexibility index (Phi) is 4.65. The maximum Gasteiger partial charge on any atom is 0.312 e. The lowest BCUT2D eigenvalue weighted by Gasteiger charge is -2.14. The molecule has 128 valence electrons. The Morgan fingerprint density at radius 1 is 1.20 bits per heavy atom. The number of fused-ring (bicyclic) bond motifs is 1. The highest BCUT2D eigenvalue weighted by Crippen LogP contribution is 2.17. The van der Waals surface area contributed by atoms with E-state index in [1.54, 1.807) is 54.1 Å². The van der Waals surface area contributed by atoms with Gasteiger partial charge in [0.05, 0.1) is 23.7 Å². The second-order valence-electron chi connectivity index (χ2n) is 5.42. The van der Waals surface area contributed by atoms with Crippen LogP contribution in [0.2, 0.25) is 0 Å². The Morgan fingerprint density at radius 3 is 2.60 bits per heavy atom. The molecule has 25 heavy (non-hydrogen) atoms. The number of carbonyl (C=O) groups is 1. The standard InChI is InChI=1S/C18H18N4O3/c1-25-13-8-6-12(7-9-13)22-16(10-11-20-18(19)24)21-15-5-3-2-4-14(15)17(22)23/h2-9H,10-11H2,1H3,(H3,19,20,24). The second-order valence-corrected chi connectivity index (χ2v) is 5.42. The van der Waals surface area contributed by atoms with E-state index in [1.165, 1.54) is 0 Å². The number of nitrogens with two attached hydrogens (primary N) is 1. The monoisotopic (exact) mass is 338 g/mol. The van der Waals surface area contributed by atoms with Crippen LogP contribution in [-0.2, 0) is 6.42 Å². The lowest BCUT2D eigenvalue weighted by molar-refractivity contribution is 0.249. The third kappa shape index (κ3) is 3.45. The summed E-state index contributed by atoms with van der Waals surface area (Å²) < 4.78 is 6.71. The van der Waals surface area contributed by atoms with Gasteiger partial charge < -0.3 is 15.8 Å². The van der Waals surface area contributed by atoms with E-state index in [2.05, 4.69) is 10.3 Å². The zero-order valence-corrected chi connectivity index (χ0v) is 13.7. The molecule has 0 saturated heterocycles. The molecule has 0 aliphatic heterocycles. The molecule has 2 amide bonds. The van der Waals surface area contributed by atoms with Gasteiger partial charge in [0.1, 0.15) is 11.6 Å². The van der Waals surface area contributed by atoms with Gasteiger partial charge in [0.25, 0.3) is 5.56 Å². The predicted molar refractivity (Wildman–Crippen MR) is 95.2 cm³/mol. The van der Waals surface area contributed by atoms with E-state index in [0.717, 1.165) is 0 Å². The number of nitrogens with zero attached hydrogens (tertiary/aromatic N) is 2. The summed E-state index contributed by atoms with van der Waals surface area (Å²) in [6, 6.07) is 13.7. The van der Waals surface area contributed by atoms with Crippen LogP contribution in [0.1, 0.15) is 5.82 Å².